The van der Waals surface area contributed by atoms with Gasteiger partial charge in [-0.15, -0.1) is 5.10 Å². The Balaban J connectivity index is 1.81. The molecule has 20 heavy (non-hydrogen) atoms. The normalized spacial score (nSPS) is 14.3. The molecule has 2 aromatic rings. The Morgan fingerprint density at radius 2 is 2.00 bits per heavy atom. The van der Waals surface area contributed by atoms with E-state index in [1.807, 2.05) is 0 Å². The predicted octanol–water partition coefficient (Wildman–Crippen LogP) is 4.00. The Kier molecular flexibility index (Phi) is 3.70. The molecule has 1 heterocycles. The fourth-order valence-corrected chi connectivity index (χ4v) is 3.05. The Labute approximate surface area is 133 Å². The number of hydrogen-bond donors (Lipinski definition) is 2. The average Bonchev–Trinajstić information content (AvgIpc) is 3.11. The first-order valence-electron chi connectivity index (χ1n) is 5.93. The van der Waals surface area contributed by atoms with Crippen molar-refractivity contribution in [3.63, 3.8) is 0 Å². The molecule has 3 rings (SSSR count). The van der Waals surface area contributed by atoms with Crippen LogP contribution in [0.15, 0.2) is 16.6 Å². The first-order chi connectivity index (χ1) is 9.54. The minimum absolute atomic E-state index is 0.0851. The number of carbonyl (C=O) groups excluding carboxylic acids is 1. The molecule has 5 nitrogen and oxygen atoms in total. The summed E-state index contributed by atoms with van der Waals surface area (Å²) in [7, 11) is 0. The van der Waals surface area contributed by atoms with Crippen molar-refractivity contribution in [3.05, 3.63) is 38.3 Å². The molecule has 1 aromatic carbocycles. The van der Waals surface area contributed by atoms with Gasteiger partial charge in [-0.1, -0.05) is 39.1 Å². The highest BCUT2D eigenvalue weighted by Gasteiger charge is 2.28. The van der Waals surface area contributed by atoms with Crippen LogP contribution in [0.25, 0.3) is 0 Å². The van der Waals surface area contributed by atoms with E-state index in [0.717, 1.165) is 23.1 Å². The minimum atomic E-state index is -0.445. The molecule has 1 aromatic heterocycles. The number of amides is 1. The van der Waals surface area contributed by atoms with Crippen molar-refractivity contribution in [2.75, 3.05) is 5.32 Å². The lowest BCUT2D eigenvalue weighted by molar-refractivity contribution is 0.101. The molecule has 0 atom stereocenters. The lowest BCUT2D eigenvalue weighted by Crippen LogP contribution is -2.14. The van der Waals surface area contributed by atoms with Gasteiger partial charge in [-0.2, -0.15) is 0 Å². The molecular weight excluding hydrogens is 367 g/mol. The number of nitrogens with one attached hydrogen (secondary N) is 2. The van der Waals surface area contributed by atoms with Crippen LogP contribution in [0.4, 0.5) is 5.69 Å². The third kappa shape index (κ3) is 2.82. The fourth-order valence-electron chi connectivity index (χ4n) is 1.75. The molecule has 0 spiro atoms. The van der Waals surface area contributed by atoms with Gasteiger partial charge in [0.05, 0.1) is 15.7 Å². The molecule has 1 amide bonds. The maximum atomic E-state index is 12.1. The van der Waals surface area contributed by atoms with Crippen LogP contribution in [-0.4, -0.2) is 21.1 Å². The number of aromatic amines is 1. The summed E-state index contributed by atoms with van der Waals surface area (Å²) in [6, 6.07) is 3.30. The summed E-state index contributed by atoms with van der Waals surface area (Å²) in [5.41, 5.74) is 0.347. The summed E-state index contributed by atoms with van der Waals surface area (Å²) < 4.78 is 0.736. The minimum Gasteiger partial charge on any atom is -0.317 e. The summed E-state index contributed by atoms with van der Waals surface area (Å²) in [6.45, 7) is 0. The Morgan fingerprint density at radius 3 is 2.60 bits per heavy atom. The standard InChI is InChI=1S/C12H9BrCl2N4O/c13-6-3-7(14)9(8(15)4-6)16-12(20)11-17-10(18-19-11)5-1-2-5/h3-5H,1-2H2,(H,16,20)(H,17,18,19). The number of benzene rings is 1. The Morgan fingerprint density at radius 1 is 1.35 bits per heavy atom. The Hall–Kier alpha value is -1.11. The summed E-state index contributed by atoms with van der Waals surface area (Å²) in [5, 5.41) is 10.00. The van der Waals surface area contributed by atoms with Crippen LogP contribution >= 0.6 is 39.1 Å². The highest BCUT2D eigenvalue weighted by molar-refractivity contribution is 9.10. The van der Waals surface area contributed by atoms with Crippen LogP contribution in [-0.2, 0) is 0 Å². The summed E-state index contributed by atoms with van der Waals surface area (Å²) >= 11 is 15.4. The number of hydrogen-bond acceptors (Lipinski definition) is 3. The molecular formula is C12H9BrCl2N4O. The van der Waals surface area contributed by atoms with Crippen molar-refractivity contribution in [1.29, 1.82) is 0 Å². The zero-order chi connectivity index (χ0) is 14.3. The van der Waals surface area contributed by atoms with E-state index in [2.05, 4.69) is 36.4 Å². The third-order valence-corrected chi connectivity index (χ3v) is 3.97. The first-order valence-corrected chi connectivity index (χ1v) is 7.47. The van der Waals surface area contributed by atoms with Gasteiger partial charge < -0.3 is 5.32 Å². The lowest BCUT2D eigenvalue weighted by atomic mass is 10.3. The summed E-state index contributed by atoms with van der Waals surface area (Å²) in [4.78, 5) is 16.2. The zero-order valence-corrected chi connectivity index (χ0v) is 13.2. The highest BCUT2D eigenvalue weighted by Crippen LogP contribution is 2.38. The number of rotatable bonds is 3. The van der Waals surface area contributed by atoms with E-state index in [1.165, 1.54) is 0 Å². The maximum absolute atomic E-state index is 12.1. The van der Waals surface area contributed by atoms with Crippen molar-refractivity contribution in [2.45, 2.75) is 18.8 Å². The number of aromatic nitrogens is 3. The molecule has 2 N–H and O–H groups in total. The van der Waals surface area contributed by atoms with Gasteiger partial charge in [-0.25, -0.2) is 4.98 Å². The van der Waals surface area contributed by atoms with Crippen molar-refractivity contribution < 1.29 is 4.79 Å². The van der Waals surface area contributed by atoms with Crippen molar-refractivity contribution in [1.82, 2.24) is 15.2 Å². The highest BCUT2D eigenvalue weighted by atomic mass is 79.9. The summed E-state index contributed by atoms with van der Waals surface area (Å²) in [5.74, 6) is 0.799. The number of anilines is 1. The van der Waals surface area contributed by atoms with Gasteiger partial charge in [0.15, 0.2) is 0 Å². The molecule has 0 bridgehead atoms. The zero-order valence-electron chi connectivity index (χ0n) is 10.1. The van der Waals surface area contributed by atoms with E-state index in [1.54, 1.807) is 12.1 Å². The SMILES string of the molecule is O=C(Nc1c(Cl)cc(Br)cc1Cl)c1n[nH]c(C2CC2)n1. The van der Waals surface area contributed by atoms with E-state index in [0.29, 0.717) is 21.7 Å². The van der Waals surface area contributed by atoms with Crippen LogP contribution in [0.1, 0.15) is 35.2 Å². The van der Waals surface area contributed by atoms with Gasteiger partial charge in [0.1, 0.15) is 5.82 Å². The maximum Gasteiger partial charge on any atom is 0.295 e. The number of H-pyrrole nitrogens is 1. The second-order valence-corrected chi connectivity index (χ2v) is 6.25. The first kappa shape index (κ1) is 13.9. The molecule has 0 aliphatic heterocycles. The van der Waals surface area contributed by atoms with Gasteiger partial charge in [-0.05, 0) is 25.0 Å². The van der Waals surface area contributed by atoms with E-state index in [9.17, 15) is 4.79 Å². The van der Waals surface area contributed by atoms with E-state index >= 15 is 0 Å². The monoisotopic (exact) mass is 374 g/mol. The molecule has 1 aliphatic carbocycles. The topological polar surface area (TPSA) is 70.7 Å². The van der Waals surface area contributed by atoms with Crippen molar-refractivity contribution >= 4 is 50.7 Å². The second-order valence-electron chi connectivity index (χ2n) is 4.52. The van der Waals surface area contributed by atoms with Gasteiger partial charge in [0, 0.05) is 10.4 Å². The molecule has 8 heteroatoms. The number of nitrogens with zero attached hydrogens (tertiary/aromatic N) is 2. The fraction of sp³-hybridized carbons (Fsp3) is 0.250. The van der Waals surface area contributed by atoms with Crippen molar-refractivity contribution in [2.24, 2.45) is 0 Å². The molecule has 0 unspecified atom stereocenters. The van der Waals surface area contributed by atoms with E-state index < -0.39 is 5.91 Å². The average molecular weight is 376 g/mol. The Bertz CT molecular complexity index is 661. The van der Waals surface area contributed by atoms with Crippen LogP contribution in [0.3, 0.4) is 0 Å². The third-order valence-electron chi connectivity index (χ3n) is 2.92. The molecule has 1 saturated carbocycles. The number of halogens is 3. The molecule has 1 fully saturated rings. The van der Waals surface area contributed by atoms with E-state index in [-0.39, 0.29) is 5.82 Å². The smallest absolute Gasteiger partial charge is 0.295 e. The molecule has 0 radical (unpaired) electrons. The lowest BCUT2D eigenvalue weighted by Gasteiger charge is -2.08. The van der Waals surface area contributed by atoms with Gasteiger partial charge in [-0.3, -0.25) is 9.89 Å². The summed E-state index contributed by atoms with van der Waals surface area (Å²) in [6.07, 6.45) is 2.17. The van der Waals surface area contributed by atoms with Gasteiger partial charge in [0.2, 0.25) is 5.82 Å². The quantitative estimate of drug-likeness (QED) is 0.851. The van der Waals surface area contributed by atoms with Crippen LogP contribution < -0.4 is 5.32 Å². The van der Waals surface area contributed by atoms with Gasteiger partial charge >= 0.3 is 0 Å². The second kappa shape index (κ2) is 5.35. The number of carbonyl (C=O) groups is 1. The predicted molar refractivity (Wildman–Crippen MR) is 80.5 cm³/mol. The molecule has 104 valence electrons. The largest absolute Gasteiger partial charge is 0.317 e. The van der Waals surface area contributed by atoms with E-state index in [4.69, 9.17) is 23.2 Å². The van der Waals surface area contributed by atoms with Crippen LogP contribution in [0.5, 0.6) is 0 Å². The van der Waals surface area contributed by atoms with Crippen LogP contribution in [0, 0.1) is 0 Å². The van der Waals surface area contributed by atoms with Gasteiger partial charge in [0.25, 0.3) is 5.91 Å². The van der Waals surface area contributed by atoms with Crippen molar-refractivity contribution in [3.8, 4) is 0 Å². The molecule has 1 aliphatic rings. The van der Waals surface area contributed by atoms with Crippen LogP contribution in [0.2, 0.25) is 10.0 Å². The molecule has 0 saturated heterocycles.